The molecule has 6 aromatic rings. The Morgan fingerprint density at radius 2 is 0.675 bits per heavy atom. The summed E-state index contributed by atoms with van der Waals surface area (Å²) in [5, 5.41) is 2.52. The van der Waals surface area contributed by atoms with Crippen molar-refractivity contribution in [3.8, 4) is 11.1 Å². The van der Waals surface area contributed by atoms with Crippen LogP contribution in [-0.2, 0) is 0 Å². The van der Waals surface area contributed by atoms with Crippen molar-refractivity contribution in [2.24, 2.45) is 0 Å². The average molecular weight is 511 g/mol. The van der Waals surface area contributed by atoms with Gasteiger partial charge in [0.2, 0.25) is 0 Å². The molecule has 0 N–H and O–H groups in total. The molecule has 6 aromatic carbocycles. The monoisotopic (exact) mass is 510 g/mol. The molecule has 0 heterocycles. The zero-order valence-corrected chi connectivity index (χ0v) is 22.3. The van der Waals surface area contributed by atoms with Crippen molar-refractivity contribution in [1.82, 2.24) is 0 Å². The van der Waals surface area contributed by atoms with Crippen LogP contribution in [0.1, 0.15) is 33.4 Å². The second-order valence-corrected chi connectivity index (χ2v) is 9.94. The summed E-state index contributed by atoms with van der Waals surface area (Å²) in [5.74, 6) is 0. The van der Waals surface area contributed by atoms with Crippen LogP contribution >= 0.6 is 0 Å². The standard InChI is InChI=1S/C40H30/c1-3-9-31(10-4-1)15-18-34-27-35(19-16-32-21-24-39(25-22-32)37-11-5-2-6-12-37)29-36(28-34)20-17-33-23-26-38-13-7-8-14-40(38)30-33/h1-30H. The fourth-order valence-electron chi connectivity index (χ4n) is 4.86. The molecule has 0 heteroatoms. The summed E-state index contributed by atoms with van der Waals surface area (Å²) >= 11 is 0. The molecule has 190 valence electrons. The predicted molar refractivity (Wildman–Crippen MR) is 175 cm³/mol. The minimum atomic E-state index is 1.17. The maximum absolute atomic E-state index is 2.24. The van der Waals surface area contributed by atoms with Gasteiger partial charge < -0.3 is 0 Å². The summed E-state index contributed by atoms with van der Waals surface area (Å²) in [6.45, 7) is 0. The van der Waals surface area contributed by atoms with Gasteiger partial charge in [0.05, 0.1) is 0 Å². The second-order valence-electron chi connectivity index (χ2n) is 9.94. The lowest BCUT2D eigenvalue weighted by atomic mass is 10.0. The molecule has 0 bridgehead atoms. The van der Waals surface area contributed by atoms with Crippen molar-refractivity contribution in [2.75, 3.05) is 0 Å². The van der Waals surface area contributed by atoms with Gasteiger partial charge >= 0.3 is 0 Å². The summed E-state index contributed by atoms with van der Waals surface area (Å²) in [6, 6.07) is 51.5. The highest BCUT2D eigenvalue weighted by molar-refractivity contribution is 5.86. The molecule has 40 heavy (non-hydrogen) atoms. The Balaban J connectivity index is 1.28. The molecule has 0 fully saturated rings. The highest BCUT2D eigenvalue weighted by Crippen LogP contribution is 2.22. The van der Waals surface area contributed by atoms with Gasteiger partial charge in [-0.3, -0.25) is 0 Å². The maximum Gasteiger partial charge on any atom is -0.0178 e. The van der Waals surface area contributed by atoms with Crippen molar-refractivity contribution < 1.29 is 0 Å². The average Bonchev–Trinajstić information content (AvgIpc) is 3.03. The number of fused-ring (bicyclic) bond motifs is 1. The molecular formula is C40H30. The van der Waals surface area contributed by atoms with E-state index >= 15 is 0 Å². The maximum atomic E-state index is 2.24. The Labute approximate surface area is 236 Å². The lowest BCUT2D eigenvalue weighted by Gasteiger charge is -2.04. The molecule has 0 radical (unpaired) electrons. The van der Waals surface area contributed by atoms with E-state index in [1.54, 1.807) is 0 Å². The zero-order chi connectivity index (χ0) is 27.0. The Morgan fingerprint density at radius 1 is 0.250 bits per heavy atom. The molecule has 0 atom stereocenters. The summed E-state index contributed by atoms with van der Waals surface area (Å²) < 4.78 is 0. The van der Waals surface area contributed by atoms with Gasteiger partial charge in [-0.2, -0.15) is 0 Å². The van der Waals surface area contributed by atoms with E-state index in [1.165, 1.54) is 55.3 Å². The third-order valence-electron chi connectivity index (χ3n) is 7.00. The molecule has 0 amide bonds. The van der Waals surface area contributed by atoms with E-state index in [2.05, 4.69) is 176 Å². The molecule has 0 aliphatic heterocycles. The smallest absolute Gasteiger partial charge is 0.0178 e. The molecule has 0 aliphatic rings. The summed E-state index contributed by atoms with van der Waals surface area (Å²) in [5.41, 5.74) is 9.53. The van der Waals surface area contributed by atoms with Gasteiger partial charge in [0, 0.05) is 0 Å². The summed E-state index contributed by atoms with van der Waals surface area (Å²) in [7, 11) is 0. The molecule has 0 saturated carbocycles. The first-order valence-corrected chi connectivity index (χ1v) is 13.7. The van der Waals surface area contributed by atoms with E-state index in [9.17, 15) is 0 Å². The zero-order valence-electron chi connectivity index (χ0n) is 22.3. The van der Waals surface area contributed by atoms with Crippen LogP contribution in [0.4, 0.5) is 0 Å². The second kappa shape index (κ2) is 12.1. The van der Waals surface area contributed by atoms with Crippen molar-refractivity contribution >= 4 is 47.2 Å². The lowest BCUT2D eigenvalue weighted by molar-refractivity contribution is 1.58. The topological polar surface area (TPSA) is 0 Å². The largest absolute Gasteiger partial charge is 0.0622 e. The van der Waals surface area contributed by atoms with Crippen molar-refractivity contribution in [1.29, 1.82) is 0 Å². The van der Waals surface area contributed by atoms with E-state index in [4.69, 9.17) is 0 Å². The van der Waals surface area contributed by atoms with Gasteiger partial charge in [0.1, 0.15) is 0 Å². The number of benzene rings is 6. The van der Waals surface area contributed by atoms with Crippen LogP contribution in [0.5, 0.6) is 0 Å². The Morgan fingerprint density at radius 3 is 1.30 bits per heavy atom. The Kier molecular flexibility index (Phi) is 7.60. The van der Waals surface area contributed by atoms with E-state index in [0.717, 1.165) is 0 Å². The van der Waals surface area contributed by atoms with Crippen LogP contribution in [0.2, 0.25) is 0 Å². The fraction of sp³-hybridized carbons (Fsp3) is 0. The highest BCUT2D eigenvalue weighted by Gasteiger charge is 1.99. The van der Waals surface area contributed by atoms with E-state index in [1.807, 2.05) is 6.07 Å². The SMILES string of the molecule is C(=Cc1cc(C=Cc2ccc(-c3ccccc3)cc2)cc(C=Cc2ccc3ccccc3c2)c1)c1ccccc1. The van der Waals surface area contributed by atoms with E-state index in [-0.39, 0.29) is 0 Å². The normalized spacial score (nSPS) is 11.7. The Hall–Kier alpha value is -5.20. The van der Waals surface area contributed by atoms with E-state index < -0.39 is 0 Å². The van der Waals surface area contributed by atoms with Crippen molar-refractivity contribution in [3.05, 3.63) is 179 Å². The van der Waals surface area contributed by atoms with Crippen molar-refractivity contribution in [2.45, 2.75) is 0 Å². The minimum absolute atomic E-state index is 1.17. The van der Waals surface area contributed by atoms with Gasteiger partial charge in [-0.25, -0.2) is 0 Å². The number of rotatable bonds is 7. The fourth-order valence-corrected chi connectivity index (χ4v) is 4.86. The number of hydrogen-bond acceptors (Lipinski definition) is 0. The molecule has 0 aliphatic carbocycles. The van der Waals surface area contributed by atoms with Crippen LogP contribution in [0.25, 0.3) is 58.4 Å². The number of hydrogen-bond donors (Lipinski definition) is 0. The highest BCUT2D eigenvalue weighted by atomic mass is 14.0. The quantitative estimate of drug-likeness (QED) is 0.187. The third kappa shape index (κ3) is 6.43. The first-order valence-electron chi connectivity index (χ1n) is 13.7. The third-order valence-corrected chi connectivity index (χ3v) is 7.00. The molecule has 0 nitrogen and oxygen atoms in total. The van der Waals surface area contributed by atoms with Crippen LogP contribution in [0, 0.1) is 0 Å². The summed E-state index contributed by atoms with van der Waals surface area (Å²) in [4.78, 5) is 0. The molecule has 6 rings (SSSR count). The molecule has 0 aromatic heterocycles. The Bertz CT molecular complexity index is 1800. The molecular weight excluding hydrogens is 480 g/mol. The van der Waals surface area contributed by atoms with Gasteiger partial charge in [-0.1, -0.05) is 158 Å². The lowest BCUT2D eigenvalue weighted by Crippen LogP contribution is -1.83. The van der Waals surface area contributed by atoms with Crippen LogP contribution in [0.15, 0.2) is 146 Å². The first-order chi connectivity index (χ1) is 19.8. The molecule has 0 unspecified atom stereocenters. The predicted octanol–water partition coefficient (Wildman–Crippen LogP) is 11.0. The molecule has 0 saturated heterocycles. The first kappa shape index (κ1) is 25.1. The van der Waals surface area contributed by atoms with Crippen LogP contribution < -0.4 is 0 Å². The summed E-state index contributed by atoms with van der Waals surface area (Å²) in [6.07, 6.45) is 13.1. The van der Waals surface area contributed by atoms with Gasteiger partial charge in [-0.15, -0.1) is 0 Å². The van der Waals surface area contributed by atoms with Gasteiger partial charge in [0.15, 0.2) is 0 Å². The van der Waals surface area contributed by atoms with Gasteiger partial charge in [0.25, 0.3) is 0 Å². The van der Waals surface area contributed by atoms with Crippen molar-refractivity contribution in [3.63, 3.8) is 0 Å². The van der Waals surface area contributed by atoms with Crippen LogP contribution in [-0.4, -0.2) is 0 Å². The van der Waals surface area contributed by atoms with E-state index in [0.29, 0.717) is 0 Å². The minimum Gasteiger partial charge on any atom is -0.0622 e. The van der Waals surface area contributed by atoms with Gasteiger partial charge in [-0.05, 0) is 79.5 Å². The van der Waals surface area contributed by atoms with Crippen LogP contribution in [0.3, 0.4) is 0 Å². The molecule has 0 spiro atoms.